The van der Waals surface area contributed by atoms with Crippen LogP contribution >= 0.6 is 0 Å². The molecule has 0 saturated heterocycles. The van der Waals surface area contributed by atoms with Gasteiger partial charge in [0.1, 0.15) is 5.82 Å². The van der Waals surface area contributed by atoms with E-state index in [1.165, 1.54) is 0 Å². The van der Waals surface area contributed by atoms with Crippen LogP contribution in [0, 0.1) is 4.91 Å². The number of benzene rings is 2. The predicted octanol–water partition coefficient (Wildman–Crippen LogP) is 4.22. The number of hydrogen-bond donors (Lipinski definition) is 1. The molecule has 0 aliphatic heterocycles. The highest BCUT2D eigenvalue weighted by Crippen LogP contribution is 2.34. The molecule has 0 bridgehead atoms. The van der Waals surface area contributed by atoms with Crippen LogP contribution in [-0.4, -0.2) is 39.2 Å². The molecule has 28 heavy (non-hydrogen) atoms. The lowest BCUT2D eigenvalue weighted by Gasteiger charge is -2.16. The van der Waals surface area contributed by atoms with Crippen LogP contribution in [0.15, 0.2) is 67.0 Å². The number of rotatable bonds is 4. The van der Waals surface area contributed by atoms with Crippen LogP contribution in [-0.2, 0) is 0 Å². The van der Waals surface area contributed by atoms with Gasteiger partial charge in [-0.05, 0) is 35.9 Å². The Morgan fingerprint density at radius 2 is 1.79 bits per heavy atom. The second-order valence-corrected chi connectivity index (χ2v) is 6.53. The van der Waals surface area contributed by atoms with E-state index in [4.69, 9.17) is 4.98 Å². The van der Waals surface area contributed by atoms with Gasteiger partial charge in [0.15, 0.2) is 5.82 Å². The third kappa shape index (κ3) is 3.14. The fourth-order valence-electron chi connectivity index (χ4n) is 3.13. The number of hydrogen-bond acceptors (Lipinski definition) is 5. The van der Waals surface area contributed by atoms with Gasteiger partial charge in [0.25, 0.3) is 4.92 Å². The summed E-state index contributed by atoms with van der Waals surface area (Å²) in [5, 5.41) is 10.3. The number of pyridine rings is 1. The summed E-state index contributed by atoms with van der Waals surface area (Å²) in [5.41, 5.74) is 3.22. The summed E-state index contributed by atoms with van der Waals surface area (Å²) >= 11 is 0. The fourth-order valence-corrected chi connectivity index (χ4v) is 3.13. The van der Waals surface area contributed by atoms with Crippen molar-refractivity contribution in [2.24, 2.45) is 0 Å². The average Bonchev–Trinajstić information content (AvgIpc) is 2.73. The van der Waals surface area contributed by atoms with E-state index in [2.05, 4.69) is 9.97 Å². The van der Waals surface area contributed by atoms with Crippen molar-refractivity contribution in [1.82, 2.24) is 15.0 Å². The van der Waals surface area contributed by atoms with E-state index in [0.29, 0.717) is 11.4 Å². The highest BCUT2D eigenvalue weighted by atomic mass is 16.6. The zero-order valence-electron chi connectivity index (χ0n) is 15.4. The minimum atomic E-state index is -0.117. The summed E-state index contributed by atoms with van der Waals surface area (Å²) < 4.78 is 0. The van der Waals surface area contributed by atoms with E-state index in [-0.39, 0.29) is 10.6 Å². The van der Waals surface area contributed by atoms with Crippen molar-refractivity contribution in [2.45, 2.75) is 0 Å². The smallest absolute Gasteiger partial charge is 0.324 e. The van der Waals surface area contributed by atoms with E-state index in [0.717, 1.165) is 27.8 Å². The lowest BCUT2D eigenvalue weighted by Crippen LogP contribution is -2.12. The monoisotopic (exact) mass is 372 g/mol. The van der Waals surface area contributed by atoms with E-state index < -0.39 is 0 Å². The average molecular weight is 372 g/mol. The quantitative estimate of drug-likeness (QED) is 0.540. The molecule has 2 heterocycles. The molecule has 4 aromatic rings. The Bertz CT molecular complexity index is 1180. The molecule has 0 aliphatic rings. The number of anilines is 1. The highest BCUT2D eigenvalue weighted by molar-refractivity contribution is 5.95. The Labute approximate surface area is 161 Å². The van der Waals surface area contributed by atoms with Gasteiger partial charge in [-0.1, -0.05) is 18.2 Å². The van der Waals surface area contributed by atoms with Crippen LogP contribution in [0.25, 0.3) is 33.4 Å². The Balaban J connectivity index is 1.93. The van der Waals surface area contributed by atoms with Gasteiger partial charge in [0, 0.05) is 43.5 Å². The Morgan fingerprint density at radius 3 is 2.50 bits per heavy atom. The van der Waals surface area contributed by atoms with Crippen molar-refractivity contribution in [3.63, 3.8) is 0 Å². The lowest BCUT2D eigenvalue weighted by molar-refractivity contribution is -0.729. The summed E-state index contributed by atoms with van der Waals surface area (Å²) in [7, 11) is 3.84. The van der Waals surface area contributed by atoms with Gasteiger partial charge >= 0.3 is 5.69 Å². The normalized spacial score (nSPS) is 10.8. The summed E-state index contributed by atoms with van der Waals surface area (Å²) in [6, 6.07) is 16.4. The first-order valence-corrected chi connectivity index (χ1v) is 8.69. The molecular formula is C21H18N5O2+. The Hall–Kier alpha value is -3.87. The molecule has 0 saturated carbocycles. The number of fused-ring (bicyclic) bond motifs is 1. The van der Waals surface area contributed by atoms with Gasteiger partial charge < -0.3 is 4.90 Å². The summed E-state index contributed by atoms with van der Waals surface area (Å²) in [4.78, 5) is 26.9. The predicted molar refractivity (Wildman–Crippen MR) is 108 cm³/mol. The van der Waals surface area contributed by atoms with E-state index in [1.54, 1.807) is 30.6 Å². The second-order valence-electron chi connectivity index (χ2n) is 6.53. The first-order chi connectivity index (χ1) is 13.5. The largest absolute Gasteiger partial charge is 0.362 e. The number of nitrogens with zero attached hydrogens (tertiary/aromatic N) is 5. The van der Waals surface area contributed by atoms with Crippen LogP contribution in [0.4, 0.5) is 11.5 Å². The summed E-state index contributed by atoms with van der Waals surface area (Å²) in [5.74, 6) is 1.35. The SMILES string of the molecule is CN(C)c1nc(-c2cccnc2)nc2ccc(-c3ccccc3[N+](=O)O)cc12. The molecule has 0 radical (unpaired) electrons. The molecule has 1 N–H and O–H groups in total. The maximum atomic E-state index is 11.5. The molecule has 0 spiro atoms. The molecule has 2 aromatic heterocycles. The van der Waals surface area contributed by atoms with E-state index in [9.17, 15) is 10.1 Å². The lowest BCUT2D eigenvalue weighted by atomic mass is 10.0. The van der Waals surface area contributed by atoms with Crippen molar-refractivity contribution < 1.29 is 10.1 Å². The first-order valence-electron chi connectivity index (χ1n) is 8.69. The molecule has 138 valence electrons. The molecule has 0 atom stereocenters. The molecular weight excluding hydrogens is 354 g/mol. The second kappa shape index (κ2) is 7.03. The van der Waals surface area contributed by atoms with Gasteiger partial charge in [-0.3, -0.25) is 4.98 Å². The first kappa shape index (κ1) is 17.5. The minimum Gasteiger partial charge on any atom is -0.362 e. The molecule has 0 aliphatic carbocycles. The molecule has 0 fully saturated rings. The maximum Gasteiger partial charge on any atom is 0.324 e. The molecule has 7 nitrogen and oxygen atoms in total. The van der Waals surface area contributed by atoms with Crippen molar-refractivity contribution in [3.8, 4) is 22.5 Å². The Morgan fingerprint density at radius 1 is 0.964 bits per heavy atom. The molecule has 7 heteroatoms. The highest BCUT2D eigenvalue weighted by Gasteiger charge is 2.20. The Kier molecular flexibility index (Phi) is 4.41. The van der Waals surface area contributed by atoms with E-state index in [1.807, 2.05) is 55.4 Å². The molecule has 0 amide bonds. The van der Waals surface area contributed by atoms with Crippen molar-refractivity contribution in [2.75, 3.05) is 19.0 Å². The van der Waals surface area contributed by atoms with Gasteiger partial charge in [-0.15, -0.1) is 0 Å². The summed E-state index contributed by atoms with van der Waals surface area (Å²) in [6.07, 6.45) is 3.44. The standard InChI is InChI=1S/C21H18N5O2/c1-25(2)21-17-12-14(16-7-3-4-8-19(16)26(27)28)9-10-18(17)23-20(24-21)15-6-5-11-22-13-15/h3-13H,1-2H3,(H,27,28)/q+1. The van der Waals surface area contributed by atoms with Gasteiger partial charge in [-0.25, -0.2) is 15.2 Å². The van der Waals surface area contributed by atoms with E-state index >= 15 is 0 Å². The van der Waals surface area contributed by atoms with Gasteiger partial charge in [-0.2, -0.15) is 0 Å². The third-order valence-electron chi connectivity index (χ3n) is 4.44. The molecule has 4 rings (SSSR count). The van der Waals surface area contributed by atoms with Crippen LogP contribution < -0.4 is 4.90 Å². The minimum absolute atomic E-state index is 0.117. The topological polar surface area (TPSA) is 82.2 Å². The van der Waals surface area contributed by atoms with Gasteiger partial charge in [0.05, 0.1) is 16.0 Å². The van der Waals surface area contributed by atoms with Crippen LogP contribution in [0.2, 0.25) is 0 Å². The molecule has 2 aromatic carbocycles. The summed E-state index contributed by atoms with van der Waals surface area (Å²) in [6.45, 7) is 0. The van der Waals surface area contributed by atoms with Crippen molar-refractivity contribution in [1.29, 1.82) is 0 Å². The van der Waals surface area contributed by atoms with Crippen LogP contribution in [0.1, 0.15) is 0 Å². The number of para-hydroxylation sites is 1. The van der Waals surface area contributed by atoms with Crippen LogP contribution in [0.3, 0.4) is 0 Å². The van der Waals surface area contributed by atoms with Crippen molar-refractivity contribution in [3.05, 3.63) is 71.9 Å². The van der Waals surface area contributed by atoms with Gasteiger partial charge in [0.2, 0.25) is 0 Å². The molecule has 0 unspecified atom stereocenters. The number of aromatic nitrogens is 3. The maximum absolute atomic E-state index is 11.5. The zero-order chi connectivity index (χ0) is 19.7. The third-order valence-corrected chi connectivity index (χ3v) is 4.44. The fraction of sp³-hybridized carbons (Fsp3) is 0.0952. The zero-order valence-corrected chi connectivity index (χ0v) is 15.4. The van der Waals surface area contributed by atoms with Crippen LogP contribution in [0.5, 0.6) is 0 Å². The van der Waals surface area contributed by atoms with Crippen molar-refractivity contribution >= 4 is 22.4 Å².